The van der Waals surface area contributed by atoms with Crippen molar-refractivity contribution in [2.75, 3.05) is 0 Å². The van der Waals surface area contributed by atoms with Gasteiger partial charge in [-0.05, 0) is 67.1 Å². The highest BCUT2D eigenvalue weighted by atomic mass is 32.1. The molecule has 0 unspecified atom stereocenters. The lowest BCUT2D eigenvalue weighted by molar-refractivity contribution is 1.66. The molecule has 8 aromatic rings. The lowest BCUT2D eigenvalue weighted by atomic mass is 9.85. The maximum Gasteiger partial charge on any atom is 0.0361 e. The quantitative estimate of drug-likeness (QED) is 0.207. The second-order valence-electron chi connectivity index (χ2n) is 10.1. The first-order valence-corrected chi connectivity index (χ1v) is 14.2. The number of thiophene rings is 1. The van der Waals surface area contributed by atoms with Crippen molar-refractivity contribution < 1.29 is 0 Å². The monoisotopic (exact) mass is 512 g/mol. The summed E-state index contributed by atoms with van der Waals surface area (Å²) in [6.45, 7) is 0. The van der Waals surface area contributed by atoms with Gasteiger partial charge in [0.05, 0.1) is 0 Å². The van der Waals surface area contributed by atoms with Crippen molar-refractivity contribution in [3.8, 4) is 33.4 Å². The Hall–Kier alpha value is -4.72. The number of rotatable bonds is 3. The zero-order valence-electron chi connectivity index (χ0n) is 21.3. The zero-order valence-corrected chi connectivity index (χ0v) is 22.1. The van der Waals surface area contributed by atoms with Crippen LogP contribution in [0.5, 0.6) is 0 Å². The molecular formula is C38H24S. The fraction of sp³-hybridized carbons (Fsp3) is 0. The lowest BCUT2D eigenvalue weighted by Crippen LogP contribution is -1.91. The third-order valence-corrected chi connectivity index (χ3v) is 8.99. The van der Waals surface area contributed by atoms with Gasteiger partial charge in [0.2, 0.25) is 0 Å². The van der Waals surface area contributed by atoms with E-state index in [1.807, 2.05) is 11.3 Å². The molecule has 8 rings (SSSR count). The molecule has 0 aliphatic carbocycles. The highest BCUT2D eigenvalue weighted by molar-refractivity contribution is 7.26. The van der Waals surface area contributed by atoms with Gasteiger partial charge in [-0.15, -0.1) is 11.3 Å². The summed E-state index contributed by atoms with van der Waals surface area (Å²) >= 11 is 1.89. The molecule has 0 saturated heterocycles. The highest BCUT2D eigenvalue weighted by Crippen LogP contribution is 2.48. The molecule has 0 aliphatic heterocycles. The molecule has 0 atom stereocenters. The van der Waals surface area contributed by atoms with Crippen molar-refractivity contribution in [2.45, 2.75) is 0 Å². The molecule has 7 aromatic carbocycles. The van der Waals surface area contributed by atoms with Crippen LogP contribution in [0.2, 0.25) is 0 Å². The molecule has 0 N–H and O–H groups in total. The predicted molar refractivity (Wildman–Crippen MR) is 171 cm³/mol. The van der Waals surface area contributed by atoms with Crippen molar-refractivity contribution in [3.63, 3.8) is 0 Å². The molecule has 0 bridgehead atoms. The Kier molecular flexibility index (Phi) is 5.11. The van der Waals surface area contributed by atoms with Crippen LogP contribution in [0.3, 0.4) is 0 Å². The van der Waals surface area contributed by atoms with Crippen LogP contribution in [-0.4, -0.2) is 0 Å². The van der Waals surface area contributed by atoms with Gasteiger partial charge in [-0.3, -0.25) is 0 Å². The van der Waals surface area contributed by atoms with Crippen molar-refractivity contribution in [2.24, 2.45) is 0 Å². The van der Waals surface area contributed by atoms with Crippen LogP contribution in [0, 0.1) is 0 Å². The predicted octanol–water partition coefficient (Wildman–Crippen LogP) is 11.4. The molecule has 1 heterocycles. The first-order chi connectivity index (χ1) is 19.4. The minimum absolute atomic E-state index is 1.25. The number of hydrogen-bond donors (Lipinski definition) is 0. The molecular weight excluding hydrogens is 488 g/mol. The first kappa shape index (κ1) is 22.3. The highest BCUT2D eigenvalue weighted by Gasteiger charge is 2.19. The molecule has 182 valence electrons. The Bertz CT molecular complexity index is 2090. The van der Waals surface area contributed by atoms with Gasteiger partial charge in [0.25, 0.3) is 0 Å². The van der Waals surface area contributed by atoms with Crippen LogP contribution in [0.25, 0.3) is 75.1 Å². The van der Waals surface area contributed by atoms with Gasteiger partial charge < -0.3 is 0 Å². The molecule has 0 nitrogen and oxygen atoms in total. The van der Waals surface area contributed by atoms with Crippen LogP contribution in [0.1, 0.15) is 0 Å². The minimum atomic E-state index is 1.25. The summed E-state index contributed by atoms with van der Waals surface area (Å²) in [6.07, 6.45) is 0. The van der Waals surface area contributed by atoms with Gasteiger partial charge in [0.1, 0.15) is 0 Å². The van der Waals surface area contributed by atoms with E-state index in [4.69, 9.17) is 0 Å². The van der Waals surface area contributed by atoms with Crippen LogP contribution >= 0.6 is 11.3 Å². The second kappa shape index (κ2) is 8.94. The van der Waals surface area contributed by atoms with Gasteiger partial charge >= 0.3 is 0 Å². The maximum atomic E-state index is 2.35. The molecule has 0 saturated carbocycles. The van der Waals surface area contributed by atoms with Crippen molar-refractivity contribution >= 4 is 53.1 Å². The van der Waals surface area contributed by atoms with Gasteiger partial charge in [0, 0.05) is 20.2 Å². The zero-order chi connectivity index (χ0) is 25.8. The molecule has 0 amide bonds. The first-order valence-electron chi connectivity index (χ1n) is 13.4. The van der Waals surface area contributed by atoms with Crippen LogP contribution < -0.4 is 0 Å². The summed E-state index contributed by atoms with van der Waals surface area (Å²) in [5.41, 5.74) is 7.70. The Labute approximate surface area is 231 Å². The van der Waals surface area contributed by atoms with Crippen LogP contribution in [0.4, 0.5) is 0 Å². The molecule has 1 heteroatoms. The molecule has 0 spiro atoms. The average Bonchev–Trinajstić information content (AvgIpc) is 3.39. The van der Waals surface area contributed by atoms with E-state index in [9.17, 15) is 0 Å². The van der Waals surface area contributed by atoms with E-state index in [1.54, 1.807) is 0 Å². The summed E-state index contributed by atoms with van der Waals surface area (Å²) in [6, 6.07) is 53.1. The summed E-state index contributed by atoms with van der Waals surface area (Å²) in [7, 11) is 0. The van der Waals surface area contributed by atoms with Crippen LogP contribution in [0.15, 0.2) is 146 Å². The van der Waals surface area contributed by atoms with Gasteiger partial charge in [-0.1, -0.05) is 133 Å². The van der Waals surface area contributed by atoms with Crippen molar-refractivity contribution in [1.29, 1.82) is 0 Å². The Balaban J connectivity index is 1.48. The van der Waals surface area contributed by atoms with Gasteiger partial charge in [0.15, 0.2) is 0 Å². The third kappa shape index (κ3) is 3.51. The summed E-state index contributed by atoms with van der Waals surface area (Å²) in [5.74, 6) is 0. The van der Waals surface area contributed by atoms with Gasteiger partial charge in [-0.2, -0.15) is 0 Å². The maximum absolute atomic E-state index is 2.35. The molecule has 1 aromatic heterocycles. The standard InChI is InChI=1S/C38H24S/c1-3-12-25(13-4-1)27-22-23-32-35(24-27)39-34-21-11-20-33(38(32)34)37-30-18-9-7-16-28(30)36(26-14-5-2-6-15-26)29-17-8-10-19-31(29)37/h1-24H. The summed E-state index contributed by atoms with van der Waals surface area (Å²) in [4.78, 5) is 0. The fourth-order valence-corrected chi connectivity index (χ4v) is 7.35. The number of hydrogen-bond acceptors (Lipinski definition) is 1. The average molecular weight is 513 g/mol. The van der Waals surface area contributed by atoms with E-state index in [0.29, 0.717) is 0 Å². The van der Waals surface area contributed by atoms with Crippen molar-refractivity contribution in [1.82, 2.24) is 0 Å². The molecule has 0 radical (unpaired) electrons. The van der Waals surface area contributed by atoms with E-state index in [2.05, 4.69) is 146 Å². The smallest absolute Gasteiger partial charge is 0.0361 e. The van der Waals surface area contributed by atoms with Crippen molar-refractivity contribution in [3.05, 3.63) is 146 Å². The fourth-order valence-electron chi connectivity index (χ4n) is 6.18. The summed E-state index contributed by atoms with van der Waals surface area (Å²) in [5, 5.41) is 7.84. The molecule has 0 aliphatic rings. The Morgan fingerprint density at radius 3 is 1.54 bits per heavy atom. The normalized spacial score (nSPS) is 11.6. The largest absolute Gasteiger partial charge is 0.135 e. The minimum Gasteiger partial charge on any atom is -0.135 e. The van der Waals surface area contributed by atoms with Gasteiger partial charge in [-0.25, -0.2) is 0 Å². The molecule has 39 heavy (non-hydrogen) atoms. The van der Waals surface area contributed by atoms with E-state index < -0.39 is 0 Å². The number of benzene rings is 7. The molecule has 0 fully saturated rings. The summed E-state index contributed by atoms with van der Waals surface area (Å²) < 4.78 is 2.65. The van der Waals surface area contributed by atoms with E-state index in [0.717, 1.165) is 0 Å². The van der Waals surface area contributed by atoms with E-state index in [1.165, 1.54) is 75.1 Å². The lowest BCUT2D eigenvalue weighted by Gasteiger charge is -2.18. The van der Waals surface area contributed by atoms with E-state index >= 15 is 0 Å². The Morgan fingerprint density at radius 1 is 0.333 bits per heavy atom. The third-order valence-electron chi connectivity index (χ3n) is 7.87. The van der Waals surface area contributed by atoms with E-state index in [-0.39, 0.29) is 0 Å². The van der Waals surface area contributed by atoms with Crippen LogP contribution in [-0.2, 0) is 0 Å². The topological polar surface area (TPSA) is 0 Å². The SMILES string of the molecule is c1ccc(-c2ccc3c(c2)sc2cccc(-c4c5ccccc5c(-c5ccccc5)c5ccccc45)c23)cc1. The second-order valence-corrected chi connectivity index (χ2v) is 11.1. The Morgan fingerprint density at radius 2 is 0.897 bits per heavy atom. The number of fused-ring (bicyclic) bond motifs is 5.